The SMILES string of the molecule is CCc1cnnn1C(C)C. The lowest BCUT2D eigenvalue weighted by Crippen LogP contribution is -2.06. The molecule has 0 saturated heterocycles. The van der Waals surface area contributed by atoms with E-state index in [4.69, 9.17) is 0 Å². The lowest BCUT2D eigenvalue weighted by molar-refractivity contribution is 0.496. The van der Waals surface area contributed by atoms with Crippen LogP contribution in [0.2, 0.25) is 0 Å². The van der Waals surface area contributed by atoms with E-state index in [-0.39, 0.29) is 0 Å². The maximum atomic E-state index is 3.95. The maximum Gasteiger partial charge on any atom is 0.0725 e. The zero-order valence-electron chi connectivity index (χ0n) is 6.70. The van der Waals surface area contributed by atoms with Crippen molar-refractivity contribution in [3.8, 4) is 0 Å². The van der Waals surface area contributed by atoms with E-state index in [0.717, 1.165) is 6.42 Å². The summed E-state index contributed by atoms with van der Waals surface area (Å²) >= 11 is 0. The quantitative estimate of drug-likeness (QED) is 0.620. The Labute approximate surface area is 61.1 Å². The van der Waals surface area contributed by atoms with Crippen LogP contribution >= 0.6 is 0 Å². The third-order valence-electron chi connectivity index (χ3n) is 1.50. The van der Waals surface area contributed by atoms with Gasteiger partial charge in [-0.3, -0.25) is 0 Å². The summed E-state index contributed by atoms with van der Waals surface area (Å²) in [7, 11) is 0. The second-order valence-electron chi connectivity index (χ2n) is 2.62. The molecule has 0 aliphatic heterocycles. The molecule has 0 N–H and O–H groups in total. The monoisotopic (exact) mass is 139 g/mol. The van der Waals surface area contributed by atoms with Crippen molar-refractivity contribution in [2.75, 3.05) is 0 Å². The van der Waals surface area contributed by atoms with Gasteiger partial charge in [0, 0.05) is 6.04 Å². The van der Waals surface area contributed by atoms with Gasteiger partial charge in [0.2, 0.25) is 0 Å². The highest BCUT2D eigenvalue weighted by atomic mass is 15.4. The topological polar surface area (TPSA) is 30.7 Å². The van der Waals surface area contributed by atoms with E-state index in [0.29, 0.717) is 6.04 Å². The molecule has 0 aromatic carbocycles. The van der Waals surface area contributed by atoms with Crippen LogP contribution < -0.4 is 0 Å². The highest BCUT2D eigenvalue weighted by Crippen LogP contribution is 2.05. The molecule has 0 saturated carbocycles. The van der Waals surface area contributed by atoms with Crippen LogP contribution in [0.1, 0.15) is 32.5 Å². The summed E-state index contributed by atoms with van der Waals surface area (Å²) in [6.07, 6.45) is 2.82. The molecule has 0 fully saturated rings. The molecule has 0 unspecified atom stereocenters. The van der Waals surface area contributed by atoms with Gasteiger partial charge >= 0.3 is 0 Å². The second-order valence-corrected chi connectivity index (χ2v) is 2.62. The van der Waals surface area contributed by atoms with Gasteiger partial charge in [-0.25, -0.2) is 4.68 Å². The Balaban J connectivity index is 2.90. The molecule has 1 aromatic rings. The van der Waals surface area contributed by atoms with Crippen molar-refractivity contribution < 1.29 is 0 Å². The average Bonchev–Trinajstić information content (AvgIpc) is 2.33. The summed E-state index contributed by atoms with van der Waals surface area (Å²) in [5, 5.41) is 7.78. The first kappa shape index (κ1) is 7.25. The molecule has 0 aliphatic rings. The van der Waals surface area contributed by atoms with Gasteiger partial charge in [0.05, 0.1) is 11.9 Å². The molecule has 0 bridgehead atoms. The Kier molecular flexibility index (Phi) is 2.04. The summed E-state index contributed by atoms with van der Waals surface area (Å²) in [5.41, 5.74) is 1.20. The minimum absolute atomic E-state index is 0.428. The third-order valence-corrected chi connectivity index (χ3v) is 1.50. The zero-order chi connectivity index (χ0) is 7.56. The van der Waals surface area contributed by atoms with Crippen LogP contribution in [0.4, 0.5) is 0 Å². The van der Waals surface area contributed by atoms with E-state index >= 15 is 0 Å². The Morgan fingerprint density at radius 1 is 1.60 bits per heavy atom. The van der Waals surface area contributed by atoms with Crippen LogP contribution in [-0.2, 0) is 6.42 Å². The predicted molar refractivity (Wildman–Crippen MR) is 39.8 cm³/mol. The standard InChI is InChI=1S/C7H13N3/c1-4-7-5-8-9-10(7)6(2)3/h5-6H,4H2,1-3H3. The Bertz CT molecular complexity index is 202. The second kappa shape index (κ2) is 2.82. The minimum atomic E-state index is 0.428. The van der Waals surface area contributed by atoms with Gasteiger partial charge in [0.1, 0.15) is 0 Å². The summed E-state index contributed by atoms with van der Waals surface area (Å²) in [6, 6.07) is 0.428. The molecule has 0 spiro atoms. The highest BCUT2D eigenvalue weighted by molar-refractivity contribution is 4.93. The number of aryl methyl sites for hydroxylation is 1. The largest absolute Gasteiger partial charge is 0.247 e. The van der Waals surface area contributed by atoms with Crippen molar-refractivity contribution >= 4 is 0 Å². The van der Waals surface area contributed by atoms with E-state index in [9.17, 15) is 0 Å². The fraction of sp³-hybridized carbons (Fsp3) is 0.714. The molecule has 10 heavy (non-hydrogen) atoms. The van der Waals surface area contributed by atoms with E-state index in [1.165, 1.54) is 5.69 Å². The number of nitrogens with zero attached hydrogens (tertiary/aromatic N) is 3. The molecule has 1 heterocycles. The molecule has 0 atom stereocenters. The van der Waals surface area contributed by atoms with Crippen LogP contribution in [0.25, 0.3) is 0 Å². The molecular formula is C7H13N3. The molecule has 0 amide bonds. The number of aromatic nitrogens is 3. The molecule has 1 aromatic heterocycles. The highest BCUT2D eigenvalue weighted by Gasteiger charge is 2.03. The van der Waals surface area contributed by atoms with Crippen molar-refractivity contribution in [1.29, 1.82) is 0 Å². The minimum Gasteiger partial charge on any atom is -0.247 e. The van der Waals surface area contributed by atoms with Crippen molar-refractivity contribution in [2.45, 2.75) is 33.2 Å². The fourth-order valence-electron chi connectivity index (χ4n) is 0.953. The Morgan fingerprint density at radius 3 is 2.70 bits per heavy atom. The van der Waals surface area contributed by atoms with Crippen molar-refractivity contribution in [3.05, 3.63) is 11.9 Å². The van der Waals surface area contributed by atoms with Crippen LogP contribution in [0.3, 0.4) is 0 Å². The molecule has 0 aliphatic carbocycles. The van der Waals surface area contributed by atoms with Gasteiger partial charge in [-0.15, -0.1) is 5.10 Å². The van der Waals surface area contributed by atoms with Gasteiger partial charge in [0.15, 0.2) is 0 Å². The number of rotatable bonds is 2. The molecule has 3 heteroatoms. The van der Waals surface area contributed by atoms with Crippen LogP contribution in [0.5, 0.6) is 0 Å². The number of hydrogen-bond donors (Lipinski definition) is 0. The summed E-state index contributed by atoms with van der Waals surface area (Å²) in [4.78, 5) is 0. The van der Waals surface area contributed by atoms with E-state index in [1.807, 2.05) is 10.9 Å². The first-order chi connectivity index (χ1) is 4.75. The van der Waals surface area contributed by atoms with Crippen LogP contribution in [0, 0.1) is 0 Å². The molecule has 1 rings (SSSR count). The van der Waals surface area contributed by atoms with Gasteiger partial charge in [-0.05, 0) is 20.3 Å². The van der Waals surface area contributed by atoms with Crippen molar-refractivity contribution in [1.82, 2.24) is 15.0 Å². The first-order valence-electron chi connectivity index (χ1n) is 3.64. The Morgan fingerprint density at radius 2 is 2.30 bits per heavy atom. The predicted octanol–water partition coefficient (Wildman–Crippen LogP) is 1.42. The van der Waals surface area contributed by atoms with Crippen LogP contribution in [0.15, 0.2) is 6.20 Å². The zero-order valence-corrected chi connectivity index (χ0v) is 6.70. The smallest absolute Gasteiger partial charge is 0.0725 e. The number of hydrogen-bond acceptors (Lipinski definition) is 2. The van der Waals surface area contributed by atoms with Gasteiger partial charge < -0.3 is 0 Å². The van der Waals surface area contributed by atoms with Gasteiger partial charge in [-0.2, -0.15) is 0 Å². The van der Waals surface area contributed by atoms with Gasteiger partial charge in [-0.1, -0.05) is 12.1 Å². The van der Waals surface area contributed by atoms with Crippen molar-refractivity contribution in [2.24, 2.45) is 0 Å². The molecule has 3 nitrogen and oxygen atoms in total. The van der Waals surface area contributed by atoms with Crippen LogP contribution in [-0.4, -0.2) is 15.0 Å². The normalized spacial score (nSPS) is 10.8. The van der Waals surface area contributed by atoms with Crippen molar-refractivity contribution in [3.63, 3.8) is 0 Å². The lowest BCUT2D eigenvalue weighted by Gasteiger charge is -2.06. The Hall–Kier alpha value is -0.860. The van der Waals surface area contributed by atoms with Gasteiger partial charge in [0.25, 0.3) is 0 Å². The molecule has 0 radical (unpaired) electrons. The first-order valence-corrected chi connectivity index (χ1v) is 3.64. The maximum absolute atomic E-state index is 3.95. The molecular weight excluding hydrogens is 126 g/mol. The van der Waals surface area contributed by atoms with E-state index < -0.39 is 0 Å². The fourth-order valence-corrected chi connectivity index (χ4v) is 0.953. The summed E-state index contributed by atoms with van der Waals surface area (Å²) in [5.74, 6) is 0. The van der Waals surface area contributed by atoms with E-state index in [2.05, 4.69) is 31.1 Å². The summed E-state index contributed by atoms with van der Waals surface area (Å²) < 4.78 is 1.94. The third kappa shape index (κ3) is 1.17. The van der Waals surface area contributed by atoms with E-state index in [1.54, 1.807) is 0 Å². The average molecular weight is 139 g/mol. The lowest BCUT2D eigenvalue weighted by atomic mass is 10.3. The summed E-state index contributed by atoms with van der Waals surface area (Å²) in [6.45, 7) is 6.32. The molecule has 56 valence electrons.